The highest BCUT2D eigenvalue weighted by Gasteiger charge is 2.29. The monoisotopic (exact) mass is 210 g/mol. The van der Waals surface area contributed by atoms with E-state index in [1.54, 1.807) is 4.68 Å². The number of nitrogens with zero attached hydrogens (tertiary/aromatic N) is 3. The molecular weight excluding hydrogens is 196 g/mol. The zero-order valence-electron chi connectivity index (χ0n) is 8.64. The number of aromatic nitrogens is 3. The van der Waals surface area contributed by atoms with Crippen molar-refractivity contribution < 1.29 is 9.53 Å². The van der Waals surface area contributed by atoms with Crippen molar-refractivity contribution in [1.29, 1.82) is 0 Å². The lowest BCUT2D eigenvalue weighted by Crippen LogP contribution is -2.27. The predicted octanol–water partition coefficient (Wildman–Crippen LogP) is -0.213. The van der Waals surface area contributed by atoms with Crippen LogP contribution in [0.2, 0.25) is 0 Å². The first-order valence-electron chi connectivity index (χ1n) is 4.98. The molecule has 1 unspecified atom stereocenters. The van der Waals surface area contributed by atoms with E-state index in [4.69, 9.17) is 10.5 Å². The zero-order chi connectivity index (χ0) is 10.8. The van der Waals surface area contributed by atoms with Crippen LogP contribution in [0.25, 0.3) is 0 Å². The van der Waals surface area contributed by atoms with Gasteiger partial charge in [-0.25, -0.2) is 14.5 Å². The number of nitrogens with two attached hydrogens (primary N) is 1. The van der Waals surface area contributed by atoms with Gasteiger partial charge < -0.3 is 10.5 Å². The third-order valence-corrected chi connectivity index (χ3v) is 2.57. The second-order valence-corrected chi connectivity index (χ2v) is 3.52. The summed E-state index contributed by atoms with van der Waals surface area (Å²) in [4.78, 5) is 15.7. The van der Waals surface area contributed by atoms with Crippen LogP contribution < -0.4 is 5.73 Å². The second-order valence-electron chi connectivity index (χ2n) is 3.52. The lowest BCUT2D eigenvalue weighted by atomic mass is 10.1. The summed E-state index contributed by atoms with van der Waals surface area (Å²) in [6.45, 7) is 0.299. The maximum absolute atomic E-state index is 11.5. The number of rotatable bonds is 2. The molecule has 0 bridgehead atoms. The first-order chi connectivity index (χ1) is 7.26. The van der Waals surface area contributed by atoms with E-state index in [-0.39, 0.29) is 12.0 Å². The van der Waals surface area contributed by atoms with Crippen molar-refractivity contribution in [3.8, 4) is 0 Å². The van der Waals surface area contributed by atoms with Gasteiger partial charge in [0.25, 0.3) is 0 Å². The summed E-state index contributed by atoms with van der Waals surface area (Å²) in [7, 11) is 1.39. The Kier molecular flexibility index (Phi) is 2.68. The summed E-state index contributed by atoms with van der Waals surface area (Å²) >= 11 is 0. The number of carbonyl (C=O) groups is 1. The highest BCUT2D eigenvalue weighted by molar-refractivity contribution is 5.74. The van der Waals surface area contributed by atoms with Crippen LogP contribution in [0.5, 0.6) is 0 Å². The van der Waals surface area contributed by atoms with Gasteiger partial charge in [0.05, 0.1) is 13.7 Å². The molecule has 0 saturated carbocycles. The van der Waals surface area contributed by atoms with Crippen molar-refractivity contribution in [1.82, 2.24) is 14.8 Å². The smallest absolute Gasteiger partial charge is 0.330 e. The van der Waals surface area contributed by atoms with Crippen molar-refractivity contribution >= 4 is 5.97 Å². The number of ether oxygens (including phenoxy) is 1. The SMILES string of the molecule is COC(=O)C1CCCc2nc(CN)nn21. The number of carbonyl (C=O) groups excluding carboxylic acids is 1. The molecule has 1 atom stereocenters. The number of methoxy groups -OCH3 is 1. The molecular formula is C9H14N4O2. The van der Waals surface area contributed by atoms with Crippen molar-refractivity contribution in [2.75, 3.05) is 7.11 Å². The molecule has 6 heteroatoms. The fourth-order valence-corrected chi connectivity index (χ4v) is 1.84. The van der Waals surface area contributed by atoms with Crippen LogP contribution in [0.3, 0.4) is 0 Å². The van der Waals surface area contributed by atoms with Gasteiger partial charge in [-0.2, -0.15) is 5.10 Å². The molecule has 0 radical (unpaired) electrons. The van der Waals surface area contributed by atoms with E-state index < -0.39 is 0 Å². The molecule has 2 rings (SSSR count). The van der Waals surface area contributed by atoms with Crippen molar-refractivity contribution in [2.45, 2.75) is 31.8 Å². The highest BCUT2D eigenvalue weighted by atomic mass is 16.5. The Morgan fingerprint density at radius 2 is 2.53 bits per heavy atom. The lowest BCUT2D eigenvalue weighted by Gasteiger charge is -2.20. The minimum absolute atomic E-state index is 0.260. The van der Waals surface area contributed by atoms with Crippen LogP contribution in [-0.4, -0.2) is 27.8 Å². The molecule has 2 heterocycles. The van der Waals surface area contributed by atoms with E-state index in [0.717, 1.165) is 25.1 Å². The third kappa shape index (κ3) is 1.72. The van der Waals surface area contributed by atoms with Crippen LogP contribution in [0.1, 0.15) is 30.5 Å². The number of aryl methyl sites for hydroxylation is 1. The van der Waals surface area contributed by atoms with Crippen molar-refractivity contribution in [2.24, 2.45) is 5.73 Å². The first-order valence-corrected chi connectivity index (χ1v) is 4.98. The fourth-order valence-electron chi connectivity index (χ4n) is 1.84. The van der Waals surface area contributed by atoms with Gasteiger partial charge in [0.15, 0.2) is 11.9 Å². The molecule has 1 aromatic rings. The van der Waals surface area contributed by atoms with E-state index in [1.807, 2.05) is 0 Å². The van der Waals surface area contributed by atoms with E-state index >= 15 is 0 Å². The van der Waals surface area contributed by atoms with Gasteiger partial charge in [-0.05, 0) is 12.8 Å². The number of fused-ring (bicyclic) bond motifs is 1. The molecule has 1 aromatic heterocycles. The average molecular weight is 210 g/mol. The molecule has 0 saturated heterocycles. The van der Waals surface area contributed by atoms with Gasteiger partial charge in [0.1, 0.15) is 5.82 Å². The van der Waals surface area contributed by atoms with E-state index in [9.17, 15) is 4.79 Å². The molecule has 82 valence electrons. The quantitative estimate of drug-likeness (QED) is 0.683. The second kappa shape index (κ2) is 3.98. The van der Waals surface area contributed by atoms with Gasteiger partial charge >= 0.3 is 5.97 Å². The predicted molar refractivity (Wildman–Crippen MR) is 51.9 cm³/mol. The van der Waals surface area contributed by atoms with E-state index in [2.05, 4.69) is 10.1 Å². The minimum atomic E-state index is -0.327. The first kappa shape index (κ1) is 10.1. The Morgan fingerprint density at radius 3 is 3.20 bits per heavy atom. The van der Waals surface area contributed by atoms with E-state index in [0.29, 0.717) is 12.4 Å². The molecule has 1 aliphatic rings. The molecule has 2 N–H and O–H groups in total. The highest BCUT2D eigenvalue weighted by Crippen LogP contribution is 2.23. The van der Waals surface area contributed by atoms with Gasteiger partial charge in [-0.15, -0.1) is 0 Å². The maximum atomic E-state index is 11.5. The molecule has 1 aliphatic heterocycles. The largest absolute Gasteiger partial charge is 0.467 e. The maximum Gasteiger partial charge on any atom is 0.330 e. The number of hydrogen-bond acceptors (Lipinski definition) is 5. The molecule has 15 heavy (non-hydrogen) atoms. The van der Waals surface area contributed by atoms with Gasteiger partial charge in [0, 0.05) is 6.42 Å². The van der Waals surface area contributed by atoms with Crippen LogP contribution in [0.4, 0.5) is 0 Å². The Morgan fingerprint density at radius 1 is 1.73 bits per heavy atom. The van der Waals surface area contributed by atoms with Crippen LogP contribution in [0, 0.1) is 0 Å². The van der Waals surface area contributed by atoms with E-state index in [1.165, 1.54) is 7.11 Å². The molecule has 0 amide bonds. The lowest BCUT2D eigenvalue weighted by molar-refractivity contribution is -0.145. The third-order valence-electron chi connectivity index (χ3n) is 2.57. The topological polar surface area (TPSA) is 83.0 Å². The van der Waals surface area contributed by atoms with Gasteiger partial charge in [0.2, 0.25) is 0 Å². The summed E-state index contributed by atoms with van der Waals surface area (Å²) in [5.41, 5.74) is 5.46. The van der Waals surface area contributed by atoms with Crippen LogP contribution in [-0.2, 0) is 22.5 Å². The summed E-state index contributed by atoms with van der Waals surface area (Å²) in [5, 5.41) is 4.20. The Bertz CT molecular complexity index is 374. The fraction of sp³-hybridized carbons (Fsp3) is 0.667. The summed E-state index contributed by atoms with van der Waals surface area (Å²) in [6, 6.07) is -0.327. The number of esters is 1. The standard InChI is InChI=1S/C9H14N4O2/c1-15-9(14)6-3-2-4-8-11-7(5-10)12-13(6)8/h6H,2-5,10H2,1H3. The average Bonchev–Trinajstić information content (AvgIpc) is 2.70. The molecule has 0 spiro atoms. The molecule has 0 aliphatic carbocycles. The van der Waals surface area contributed by atoms with Crippen molar-refractivity contribution in [3.63, 3.8) is 0 Å². The minimum Gasteiger partial charge on any atom is -0.467 e. The summed E-state index contributed by atoms with van der Waals surface area (Å²) in [5.74, 6) is 1.15. The van der Waals surface area contributed by atoms with Crippen molar-refractivity contribution in [3.05, 3.63) is 11.6 Å². The molecule has 0 fully saturated rings. The van der Waals surface area contributed by atoms with Crippen LogP contribution >= 0.6 is 0 Å². The zero-order valence-corrected chi connectivity index (χ0v) is 8.64. The molecule has 0 aromatic carbocycles. The Hall–Kier alpha value is -1.43. The Labute approximate surface area is 87.4 Å². The number of hydrogen-bond donors (Lipinski definition) is 1. The molecule has 6 nitrogen and oxygen atoms in total. The Balaban J connectivity index is 2.33. The summed E-state index contributed by atoms with van der Waals surface area (Å²) in [6.07, 6.45) is 2.54. The van der Waals surface area contributed by atoms with Gasteiger partial charge in [-0.1, -0.05) is 0 Å². The van der Waals surface area contributed by atoms with Gasteiger partial charge in [-0.3, -0.25) is 0 Å². The van der Waals surface area contributed by atoms with Crippen LogP contribution in [0.15, 0.2) is 0 Å². The summed E-state index contributed by atoms with van der Waals surface area (Å²) < 4.78 is 6.38. The normalized spacial score (nSPS) is 19.7.